The molecule has 3 aliphatic rings. The molecule has 0 radical (unpaired) electrons. The lowest BCUT2D eigenvalue weighted by atomic mass is 10.00. The van der Waals surface area contributed by atoms with Crippen molar-refractivity contribution in [1.29, 1.82) is 0 Å². The number of guanidine groups is 2. The topological polar surface area (TPSA) is 51.7 Å². The molecule has 3 aliphatic carbocycles. The fourth-order valence-corrected chi connectivity index (χ4v) is 8.89. The summed E-state index contributed by atoms with van der Waals surface area (Å²) in [6, 6.07) is 0. The first-order chi connectivity index (χ1) is 35.2. The Bertz CT molecular complexity index is 2600. The van der Waals surface area contributed by atoms with Crippen LogP contribution in [-0.4, -0.2) is 51.5 Å². The summed E-state index contributed by atoms with van der Waals surface area (Å²) in [5, 5.41) is 0. The summed E-state index contributed by atoms with van der Waals surface area (Å²) < 4.78 is 2.56. The van der Waals surface area contributed by atoms with Crippen molar-refractivity contribution >= 4 is 30.4 Å². The second-order valence-electron chi connectivity index (χ2n) is 17.7. The summed E-state index contributed by atoms with van der Waals surface area (Å²) in [6.07, 6.45) is 67.3. The third-order valence-electron chi connectivity index (χ3n) is 12.4. The van der Waals surface area contributed by atoms with Crippen molar-refractivity contribution < 1.29 is 0 Å². The molecule has 7 nitrogen and oxygen atoms in total. The molecular formula is C65H83N7. The first-order valence-electron chi connectivity index (χ1n) is 26.0. The van der Waals surface area contributed by atoms with Crippen molar-refractivity contribution in [3.05, 3.63) is 241 Å². The minimum absolute atomic E-state index is 0.307. The number of fused-ring (bicyclic) bond motifs is 1. The molecule has 7 heteroatoms. The summed E-state index contributed by atoms with van der Waals surface area (Å²) in [5.41, 5.74) is 12.2. The summed E-state index contributed by atoms with van der Waals surface area (Å²) in [5.74, 6) is 1.31. The van der Waals surface area contributed by atoms with Gasteiger partial charge < -0.3 is 9.47 Å². The Labute approximate surface area is 435 Å². The maximum absolute atomic E-state index is 5.33. The SMILES string of the molecule is C=C/C=C\C/C=C(\C=C)N(/C(N=C)=N/C(=N\C)N(C1=CC=CC=CC1)C1=CC=C(n2c3c(c(CC/C=C\CC)c2CC)C=CCC(C)C3)C=CC1)/C(C=C)=C/C=C(\C)N(C/C=C\C=C/CCC)C(=C)/C=C\C. The van der Waals surface area contributed by atoms with E-state index >= 15 is 0 Å². The Morgan fingerprint density at radius 3 is 2.32 bits per heavy atom. The van der Waals surface area contributed by atoms with Gasteiger partial charge in [-0.3, -0.25) is 14.8 Å². The first kappa shape index (κ1) is 57.3. The zero-order valence-corrected chi connectivity index (χ0v) is 44.8. The maximum atomic E-state index is 5.33. The smallest absolute Gasteiger partial charge is 0.237 e. The lowest BCUT2D eigenvalue weighted by Crippen LogP contribution is -2.33. The van der Waals surface area contributed by atoms with E-state index < -0.39 is 0 Å². The van der Waals surface area contributed by atoms with E-state index in [1.807, 2.05) is 42.2 Å². The molecule has 72 heavy (non-hydrogen) atoms. The Hall–Kier alpha value is -7.25. The normalized spacial score (nSPS) is 17.1. The molecule has 0 N–H and O–H groups in total. The van der Waals surface area contributed by atoms with Crippen LogP contribution in [0.4, 0.5) is 0 Å². The monoisotopic (exact) mass is 962 g/mol. The number of hydrogen-bond donors (Lipinski definition) is 0. The highest BCUT2D eigenvalue weighted by Crippen LogP contribution is 2.36. The molecule has 0 aliphatic heterocycles. The fraction of sp³-hybridized carbons (Fsp3) is 0.308. The molecule has 0 saturated heterocycles. The van der Waals surface area contributed by atoms with Gasteiger partial charge in [-0.2, -0.15) is 4.99 Å². The van der Waals surface area contributed by atoms with Crippen molar-refractivity contribution in [2.45, 2.75) is 112 Å². The molecule has 1 atom stereocenters. The zero-order valence-electron chi connectivity index (χ0n) is 44.8. The molecule has 1 aromatic heterocycles. The van der Waals surface area contributed by atoms with Crippen LogP contribution in [0, 0.1) is 5.92 Å². The van der Waals surface area contributed by atoms with Gasteiger partial charge in [0.2, 0.25) is 11.9 Å². The minimum Gasteiger partial charge on any atom is -0.342 e. The molecule has 0 amide bonds. The van der Waals surface area contributed by atoms with Gasteiger partial charge in [0.15, 0.2) is 0 Å². The van der Waals surface area contributed by atoms with Gasteiger partial charge in [-0.25, -0.2) is 4.99 Å². The third-order valence-corrected chi connectivity index (χ3v) is 12.4. The second-order valence-corrected chi connectivity index (χ2v) is 17.7. The van der Waals surface area contributed by atoms with Crippen LogP contribution < -0.4 is 0 Å². The Balaban J connectivity index is 1.94. The molecule has 1 heterocycles. The lowest BCUT2D eigenvalue weighted by molar-refractivity contribution is 0.490. The highest BCUT2D eigenvalue weighted by Gasteiger charge is 2.27. The molecule has 378 valence electrons. The second kappa shape index (κ2) is 31.9. The van der Waals surface area contributed by atoms with Crippen molar-refractivity contribution in [1.82, 2.24) is 19.3 Å². The van der Waals surface area contributed by atoms with Gasteiger partial charge in [0.25, 0.3) is 0 Å². The van der Waals surface area contributed by atoms with Crippen LogP contribution in [0.2, 0.25) is 0 Å². The van der Waals surface area contributed by atoms with Crippen LogP contribution in [0.25, 0.3) is 11.8 Å². The number of aliphatic imine (C=N–C) groups is 3. The molecule has 0 saturated carbocycles. The van der Waals surface area contributed by atoms with E-state index in [0.29, 0.717) is 49.3 Å². The molecule has 4 rings (SSSR count). The quantitative estimate of drug-likeness (QED) is 0.0449. The van der Waals surface area contributed by atoms with E-state index in [2.05, 4.69) is 202 Å². The van der Waals surface area contributed by atoms with E-state index in [4.69, 9.17) is 9.98 Å². The molecule has 1 unspecified atom stereocenters. The van der Waals surface area contributed by atoms with Crippen molar-refractivity contribution in [2.24, 2.45) is 20.9 Å². The van der Waals surface area contributed by atoms with Crippen LogP contribution in [0.15, 0.2) is 233 Å². The number of unbranched alkanes of at least 4 members (excludes halogenated alkanes) is 1. The largest absolute Gasteiger partial charge is 0.342 e. The number of hydrogen-bond acceptors (Lipinski definition) is 2. The van der Waals surface area contributed by atoms with Crippen LogP contribution >= 0.6 is 0 Å². The van der Waals surface area contributed by atoms with E-state index in [1.165, 1.54) is 22.5 Å². The summed E-state index contributed by atoms with van der Waals surface area (Å²) >= 11 is 0. The predicted octanol–water partition coefficient (Wildman–Crippen LogP) is 16.8. The number of rotatable bonds is 24. The standard InChI is InChI=1S/C65H83N7/c1-13-20-23-26-29-34-50-69(53(9)37-16-4)54(10)46-47-56(18-6)70(55(17-5)39-30-24-21-14-2)64(66-11)68-65(67-12)71(57-40-31-27-28-32-41-57)58-42-36-43-59(49-48-58)72-62(19-7)60(44-33-25-22-15-3)61-45-35-38-52(8)51-63(61)72/h14,16-18,21-29,31-32,34-37,39-40,43,45-49,52H,2,5-6,9,11,13,15,19-20,30,33,38,41-42,44,50-51H2,1,3-4,7-8,10,12H3/b24-21-,25-22-,26-23-,34-29-,37-16-,54-46+,55-39+,56-47+,67-65+,68-64+. The Morgan fingerprint density at radius 2 is 1.61 bits per heavy atom. The van der Waals surface area contributed by atoms with Gasteiger partial charge >= 0.3 is 0 Å². The highest BCUT2D eigenvalue weighted by molar-refractivity contribution is 6.00. The molecule has 0 bridgehead atoms. The van der Waals surface area contributed by atoms with Gasteiger partial charge in [0.05, 0.1) is 0 Å². The average molecular weight is 962 g/mol. The van der Waals surface area contributed by atoms with Crippen molar-refractivity contribution in [3.8, 4) is 0 Å². The molecule has 0 spiro atoms. The number of nitrogens with zero attached hydrogens (tertiary/aromatic N) is 7. The van der Waals surface area contributed by atoms with E-state index in [-0.39, 0.29) is 0 Å². The Kier molecular flexibility index (Phi) is 25.4. The summed E-state index contributed by atoms with van der Waals surface area (Å²) in [7, 11) is 1.78. The summed E-state index contributed by atoms with van der Waals surface area (Å²) in [4.78, 5) is 21.2. The average Bonchev–Trinajstić information content (AvgIpc) is 3.74. The van der Waals surface area contributed by atoms with Gasteiger partial charge in [-0.05, 0) is 144 Å². The Morgan fingerprint density at radius 1 is 0.833 bits per heavy atom. The molecule has 0 aromatic carbocycles. The van der Waals surface area contributed by atoms with E-state index in [9.17, 15) is 0 Å². The fourth-order valence-electron chi connectivity index (χ4n) is 8.89. The zero-order chi connectivity index (χ0) is 52.1. The van der Waals surface area contributed by atoms with Crippen molar-refractivity contribution in [2.75, 3.05) is 13.6 Å². The van der Waals surface area contributed by atoms with Gasteiger partial charge in [0.1, 0.15) is 0 Å². The minimum atomic E-state index is 0.307. The van der Waals surface area contributed by atoms with Crippen LogP contribution in [0.3, 0.4) is 0 Å². The van der Waals surface area contributed by atoms with Gasteiger partial charge in [-0.1, -0.05) is 170 Å². The van der Waals surface area contributed by atoms with Crippen LogP contribution in [0.1, 0.15) is 115 Å². The highest BCUT2D eigenvalue weighted by atomic mass is 15.4. The summed E-state index contributed by atoms with van der Waals surface area (Å²) in [6.45, 7) is 34.7. The van der Waals surface area contributed by atoms with E-state index in [0.717, 1.165) is 85.5 Å². The van der Waals surface area contributed by atoms with Gasteiger partial charge in [-0.15, -0.1) is 0 Å². The lowest BCUT2D eigenvalue weighted by Gasteiger charge is -2.30. The maximum Gasteiger partial charge on any atom is 0.237 e. The number of allylic oxidation sites excluding steroid dienone is 27. The van der Waals surface area contributed by atoms with Gasteiger partial charge in [0, 0.05) is 77.7 Å². The van der Waals surface area contributed by atoms with Crippen LogP contribution in [-0.2, 0) is 19.3 Å². The predicted molar refractivity (Wildman–Crippen MR) is 317 cm³/mol. The first-order valence-corrected chi connectivity index (χ1v) is 26.0. The molecule has 1 aromatic rings. The van der Waals surface area contributed by atoms with E-state index in [1.54, 1.807) is 25.3 Å². The van der Waals surface area contributed by atoms with Crippen LogP contribution in [0.5, 0.6) is 0 Å². The molecule has 0 fully saturated rings. The number of aromatic nitrogens is 1. The molecular weight excluding hydrogens is 879 g/mol. The van der Waals surface area contributed by atoms with Crippen molar-refractivity contribution in [3.63, 3.8) is 0 Å². The third kappa shape index (κ3) is 16.4.